The van der Waals surface area contributed by atoms with Crippen molar-refractivity contribution in [2.45, 2.75) is 16.9 Å². The second-order valence-corrected chi connectivity index (χ2v) is 5.94. The second-order valence-electron chi connectivity index (χ2n) is 4.29. The molecule has 1 aromatic heterocycles. The first-order valence-corrected chi connectivity index (χ1v) is 6.64. The number of hydrogen-bond donors (Lipinski definition) is 3. The molecule has 0 bridgehead atoms. The lowest BCUT2D eigenvalue weighted by atomic mass is 10.0. The molecule has 6 nitrogen and oxygen atoms in total. The predicted molar refractivity (Wildman–Crippen MR) is 64.1 cm³/mol. The zero-order valence-corrected chi connectivity index (χ0v) is 10.7. The van der Waals surface area contributed by atoms with E-state index in [9.17, 15) is 8.42 Å². The minimum absolute atomic E-state index is 0. The highest BCUT2D eigenvalue weighted by Crippen LogP contribution is 2.30. The standard InChI is InChI=1S/C9H13N3O3S.ClH/c13-16(14)8-4-11-3-7(8)15-6-9(12-16)1-2-10-5-9;/h3-4,10-12H,1-2,5-6H2;1H. The number of halogens is 1. The van der Waals surface area contributed by atoms with Crippen molar-refractivity contribution in [2.24, 2.45) is 0 Å². The monoisotopic (exact) mass is 279 g/mol. The molecule has 1 unspecified atom stereocenters. The summed E-state index contributed by atoms with van der Waals surface area (Å²) in [4.78, 5) is 2.93. The molecule has 1 spiro atoms. The Morgan fingerprint density at radius 3 is 2.88 bits per heavy atom. The topological polar surface area (TPSA) is 83.2 Å². The van der Waals surface area contributed by atoms with E-state index in [0.29, 0.717) is 18.9 Å². The molecule has 17 heavy (non-hydrogen) atoms. The summed E-state index contributed by atoms with van der Waals surface area (Å²) >= 11 is 0. The van der Waals surface area contributed by atoms with Crippen LogP contribution in [0.3, 0.4) is 0 Å². The summed E-state index contributed by atoms with van der Waals surface area (Å²) in [6.07, 6.45) is 3.76. The molecule has 3 N–H and O–H groups in total. The van der Waals surface area contributed by atoms with Gasteiger partial charge >= 0.3 is 0 Å². The SMILES string of the molecule is Cl.O=S1(=O)NC2(CCNC2)COc2c[nH]cc21. The predicted octanol–water partition coefficient (Wildman–Crippen LogP) is -0.161. The molecular weight excluding hydrogens is 266 g/mol. The molecule has 0 radical (unpaired) electrons. The maximum Gasteiger partial charge on any atom is 0.246 e. The third-order valence-electron chi connectivity index (χ3n) is 3.06. The summed E-state index contributed by atoms with van der Waals surface area (Å²) in [5, 5.41) is 3.15. The molecule has 0 amide bonds. The fourth-order valence-electron chi connectivity index (χ4n) is 2.20. The zero-order chi connectivity index (χ0) is 11.2. The highest BCUT2D eigenvalue weighted by Gasteiger charge is 2.42. The fourth-order valence-corrected chi connectivity index (χ4v) is 3.72. The largest absolute Gasteiger partial charge is 0.489 e. The number of aromatic nitrogens is 1. The smallest absolute Gasteiger partial charge is 0.246 e. The molecule has 1 fully saturated rings. The first-order chi connectivity index (χ1) is 7.61. The number of aromatic amines is 1. The van der Waals surface area contributed by atoms with Crippen molar-refractivity contribution < 1.29 is 13.2 Å². The van der Waals surface area contributed by atoms with Crippen LogP contribution in [0.2, 0.25) is 0 Å². The summed E-state index contributed by atoms with van der Waals surface area (Å²) in [7, 11) is -3.47. The minimum Gasteiger partial charge on any atom is -0.489 e. The zero-order valence-electron chi connectivity index (χ0n) is 9.02. The summed E-state index contributed by atoms with van der Waals surface area (Å²) < 4.78 is 32.4. The van der Waals surface area contributed by atoms with Crippen molar-refractivity contribution in [3.63, 3.8) is 0 Å². The van der Waals surface area contributed by atoms with Crippen LogP contribution in [0.15, 0.2) is 17.3 Å². The number of nitrogens with one attached hydrogen (secondary N) is 3. The van der Waals surface area contributed by atoms with Gasteiger partial charge in [-0.2, -0.15) is 0 Å². The van der Waals surface area contributed by atoms with Gasteiger partial charge in [0.2, 0.25) is 10.0 Å². The second kappa shape index (κ2) is 4.16. The Labute approximate surface area is 106 Å². The normalized spacial score (nSPS) is 30.1. The third-order valence-corrected chi connectivity index (χ3v) is 4.66. The molecule has 0 saturated carbocycles. The molecule has 1 saturated heterocycles. The van der Waals surface area contributed by atoms with Gasteiger partial charge in [-0.05, 0) is 13.0 Å². The van der Waals surface area contributed by atoms with Crippen LogP contribution in [0.5, 0.6) is 5.75 Å². The van der Waals surface area contributed by atoms with E-state index in [0.717, 1.165) is 13.0 Å². The number of hydrogen-bond acceptors (Lipinski definition) is 4. The average Bonchev–Trinajstić information content (AvgIpc) is 2.80. The van der Waals surface area contributed by atoms with Crippen molar-refractivity contribution in [3.8, 4) is 5.75 Å². The van der Waals surface area contributed by atoms with E-state index in [4.69, 9.17) is 4.74 Å². The van der Waals surface area contributed by atoms with Gasteiger partial charge < -0.3 is 15.0 Å². The summed E-state index contributed by atoms with van der Waals surface area (Å²) in [5.41, 5.74) is -0.495. The Balaban J connectivity index is 0.00000108. The van der Waals surface area contributed by atoms with Crippen LogP contribution >= 0.6 is 12.4 Å². The molecular formula is C9H14ClN3O3S. The van der Waals surface area contributed by atoms with Crippen LogP contribution in [0, 0.1) is 0 Å². The van der Waals surface area contributed by atoms with E-state index in [-0.39, 0.29) is 17.3 Å². The summed E-state index contributed by atoms with van der Waals surface area (Å²) in [6, 6.07) is 0. The summed E-state index contributed by atoms with van der Waals surface area (Å²) in [5.74, 6) is 0.399. The van der Waals surface area contributed by atoms with Crippen LogP contribution in [0.25, 0.3) is 0 Å². The maximum atomic E-state index is 12.1. The number of H-pyrrole nitrogens is 1. The molecule has 2 aliphatic rings. The molecule has 0 aromatic carbocycles. The summed E-state index contributed by atoms with van der Waals surface area (Å²) in [6.45, 7) is 1.78. The lowest BCUT2D eigenvalue weighted by Crippen LogP contribution is -2.52. The Morgan fingerprint density at radius 1 is 1.35 bits per heavy atom. The van der Waals surface area contributed by atoms with Crippen LogP contribution in [0.4, 0.5) is 0 Å². The lowest BCUT2D eigenvalue weighted by molar-refractivity contribution is 0.219. The van der Waals surface area contributed by atoms with E-state index >= 15 is 0 Å². The van der Waals surface area contributed by atoms with Gasteiger partial charge in [0.05, 0.1) is 5.54 Å². The molecule has 3 heterocycles. The van der Waals surface area contributed by atoms with Crippen molar-refractivity contribution in [2.75, 3.05) is 19.7 Å². The molecule has 8 heteroatoms. The minimum atomic E-state index is -3.47. The van der Waals surface area contributed by atoms with E-state index in [2.05, 4.69) is 15.0 Å². The molecule has 2 aliphatic heterocycles. The maximum absolute atomic E-state index is 12.1. The molecule has 3 rings (SSSR count). The lowest BCUT2D eigenvalue weighted by Gasteiger charge is -2.25. The van der Waals surface area contributed by atoms with Crippen molar-refractivity contribution >= 4 is 22.4 Å². The fraction of sp³-hybridized carbons (Fsp3) is 0.556. The highest BCUT2D eigenvalue weighted by molar-refractivity contribution is 7.89. The van der Waals surface area contributed by atoms with Gasteiger partial charge in [0.25, 0.3) is 0 Å². The van der Waals surface area contributed by atoms with Gasteiger partial charge in [-0.1, -0.05) is 0 Å². The van der Waals surface area contributed by atoms with E-state index < -0.39 is 15.6 Å². The third kappa shape index (κ3) is 2.03. The number of fused-ring (bicyclic) bond motifs is 1. The van der Waals surface area contributed by atoms with Gasteiger partial charge in [0.1, 0.15) is 11.5 Å². The van der Waals surface area contributed by atoms with Crippen molar-refractivity contribution in [3.05, 3.63) is 12.4 Å². The quantitative estimate of drug-likeness (QED) is 0.616. The Bertz CT molecular complexity index is 507. The van der Waals surface area contributed by atoms with Gasteiger partial charge in [-0.25, -0.2) is 13.1 Å². The van der Waals surface area contributed by atoms with Crippen LogP contribution in [-0.2, 0) is 10.0 Å². The van der Waals surface area contributed by atoms with Gasteiger partial charge in [-0.3, -0.25) is 0 Å². The Hall–Kier alpha value is -0.760. The van der Waals surface area contributed by atoms with E-state index in [1.54, 1.807) is 6.20 Å². The Morgan fingerprint density at radius 2 is 2.18 bits per heavy atom. The average molecular weight is 280 g/mol. The van der Waals surface area contributed by atoms with Gasteiger partial charge in [-0.15, -0.1) is 12.4 Å². The number of sulfonamides is 1. The van der Waals surface area contributed by atoms with Crippen molar-refractivity contribution in [1.29, 1.82) is 0 Å². The van der Waals surface area contributed by atoms with Crippen molar-refractivity contribution in [1.82, 2.24) is 15.0 Å². The van der Waals surface area contributed by atoms with E-state index in [1.807, 2.05) is 0 Å². The van der Waals surface area contributed by atoms with Crippen LogP contribution in [0.1, 0.15) is 6.42 Å². The first-order valence-electron chi connectivity index (χ1n) is 5.16. The van der Waals surface area contributed by atoms with Crippen LogP contribution < -0.4 is 14.8 Å². The molecule has 96 valence electrons. The van der Waals surface area contributed by atoms with Gasteiger partial charge in [0.15, 0.2) is 5.75 Å². The van der Waals surface area contributed by atoms with E-state index in [1.165, 1.54) is 6.20 Å². The molecule has 0 aliphatic carbocycles. The van der Waals surface area contributed by atoms with Gasteiger partial charge in [0, 0.05) is 18.9 Å². The molecule has 1 aromatic rings. The Kier molecular flexibility index (Phi) is 3.11. The number of ether oxygens (including phenoxy) is 1. The molecule has 1 atom stereocenters. The highest BCUT2D eigenvalue weighted by atomic mass is 35.5. The number of rotatable bonds is 0. The van der Waals surface area contributed by atoms with Crippen LogP contribution in [-0.4, -0.2) is 38.6 Å². The first kappa shape index (κ1) is 12.7.